The lowest BCUT2D eigenvalue weighted by Gasteiger charge is -2.31. The SMILES string of the molecule is COc1ccc(Cl)cc1CNC(=O)NCCCN(C)C1CCCCC1. The number of nitrogens with zero attached hydrogens (tertiary/aromatic N) is 1. The van der Waals surface area contributed by atoms with E-state index in [4.69, 9.17) is 16.3 Å². The highest BCUT2D eigenvalue weighted by atomic mass is 35.5. The highest BCUT2D eigenvalue weighted by molar-refractivity contribution is 6.30. The molecule has 2 amide bonds. The average Bonchev–Trinajstić information content (AvgIpc) is 2.64. The van der Waals surface area contributed by atoms with Gasteiger partial charge in [-0.1, -0.05) is 30.9 Å². The molecule has 140 valence electrons. The summed E-state index contributed by atoms with van der Waals surface area (Å²) >= 11 is 6.00. The zero-order chi connectivity index (χ0) is 18.1. The second-order valence-electron chi connectivity index (χ2n) is 6.69. The van der Waals surface area contributed by atoms with Gasteiger partial charge in [0.1, 0.15) is 5.75 Å². The second kappa shape index (κ2) is 10.5. The number of methoxy groups -OCH3 is 1. The molecule has 1 aromatic carbocycles. The maximum absolute atomic E-state index is 11.9. The Morgan fingerprint density at radius 2 is 2.04 bits per heavy atom. The maximum atomic E-state index is 11.9. The number of hydrogen-bond acceptors (Lipinski definition) is 3. The van der Waals surface area contributed by atoms with Gasteiger partial charge in [0.25, 0.3) is 0 Å². The molecule has 2 N–H and O–H groups in total. The molecule has 0 spiro atoms. The van der Waals surface area contributed by atoms with Crippen LogP contribution in [0.5, 0.6) is 5.75 Å². The van der Waals surface area contributed by atoms with E-state index in [1.807, 2.05) is 0 Å². The highest BCUT2D eigenvalue weighted by Gasteiger charge is 2.17. The van der Waals surface area contributed by atoms with Crippen molar-refractivity contribution in [1.82, 2.24) is 15.5 Å². The first-order chi connectivity index (χ1) is 12.1. The molecule has 0 radical (unpaired) electrons. The Bertz CT molecular complexity index is 547. The fourth-order valence-electron chi connectivity index (χ4n) is 3.36. The van der Waals surface area contributed by atoms with Gasteiger partial charge in [0.05, 0.1) is 7.11 Å². The third kappa shape index (κ3) is 6.75. The van der Waals surface area contributed by atoms with E-state index in [0.29, 0.717) is 18.1 Å². The van der Waals surface area contributed by atoms with Crippen molar-refractivity contribution in [3.8, 4) is 5.75 Å². The van der Waals surface area contributed by atoms with Crippen LogP contribution in [0.3, 0.4) is 0 Å². The summed E-state index contributed by atoms with van der Waals surface area (Å²) < 4.78 is 5.28. The Morgan fingerprint density at radius 1 is 1.28 bits per heavy atom. The average molecular weight is 368 g/mol. The van der Waals surface area contributed by atoms with Gasteiger partial charge in [-0.15, -0.1) is 0 Å². The van der Waals surface area contributed by atoms with E-state index in [0.717, 1.165) is 30.3 Å². The van der Waals surface area contributed by atoms with Crippen molar-refractivity contribution < 1.29 is 9.53 Å². The lowest BCUT2D eigenvalue weighted by molar-refractivity contribution is 0.189. The third-order valence-corrected chi connectivity index (χ3v) is 5.09. The Morgan fingerprint density at radius 3 is 2.76 bits per heavy atom. The van der Waals surface area contributed by atoms with Crippen molar-refractivity contribution in [2.24, 2.45) is 0 Å². The van der Waals surface area contributed by atoms with E-state index in [-0.39, 0.29) is 6.03 Å². The van der Waals surface area contributed by atoms with E-state index in [1.165, 1.54) is 32.1 Å². The van der Waals surface area contributed by atoms with Crippen molar-refractivity contribution in [2.75, 3.05) is 27.2 Å². The van der Waals surface area contributed by atoms with Gasteiger partial charge in [-0.3, -0.25) is 0 Å². The number of benzene rings is 1. The predicted octanol–water partition coefficient (Wildman–Crippen LogP) is 3.80. The van der Waals surface area contributed by atoms with Gasteiger partial charge in [0, 0.05) is 29.7 Å². The van der Waals surface area contributed by atoms with Crippen molar-refractivity contribution in [3.63, 3.8) is 0 Å². The van der Waals surface area contributed by atoms with E-state index >= 15 is 0 Å². The minimum Gasteiger partial charge on any atom is -0.496 e. The Labute approximate surface area is 156 Å². The molecule has 0 heterocycles. The van der Waals surface area contributed by atoms with Crippen LogP contribution in [0.15, 0.2) is 18.2 Å². The normalized spacial score (nSPS) is 15.2. The predicted molar refractivity (Wildman–Crippen MR) is 102 cm³/mol. The van der Waals surface area contributed by atoms with Gasteiger partial charge in [-0.2, -0.15) is 0 Å². The molecular formula is C19H30ClN3O2. The summed E-state index contributed by atoms with van der Waals surface area (Å²) in [4.78, 5) is 14.4. The van der Waals surface area contributed by atoms with Crippen LogP contribution in [0, 0.1) is 0 Å². The van der Waals surface area contributed by atoms with Gasteiger partial charge in [-0.05, 0) is 51.1 Å². The van der Waals surface area contributed by atoms with Crippen molar-refractivity contribution >= 4 is 17.6 Å². The number of carbonyl (C=O) groups is 1. The summed E-state index contributed by atoms with van der Waals surface area (Å²) in [7, 11) is 3.80. The molecule has 6 heteroatoms. The van der Waals surface area contributed by atoms with Crippen molar-refractivity contribution in [1.29, 1.82) is 0 Å². The number of carbonyl (C=O) groups excluding carboxylic acids is 1. The Hall–Kier alpha value is -1.46. The highest BCUT2D eigenvalue weighted by Crippen LogP contribution is 2.22. The van der Waals surface area contributed by atoms with E-state index < -0.39 is 0 Å². The van der Waals surface area contributed by atoms with Crippen LogP contribution in [-0.2, 0) is 6.54 Å². The number of halogens is 1. The molecule has 0 aromatic heterocycles. The summed E-state index contributed by atoms with van der Waals surface area (Å²) in [5.41, 5.74) is 0.863. The Kier molecular flexibility index (Phi) is 8.35. The Balaban J connectivity index is 1.63. The molecule has 1 aromatic rings. The molecule has 0 aliphatic heterocycles. The van der Waals surface area contributed by atoms with Gasteiger partial charge < -0.3 is 20.3 Å². The summed E-state index contributed by atoms with van der Waals surface area (Å²) in [6.45, 7) is 2.08. The molecule has 0 unspecified atom stereocenters. The smallest absolute Gasteiger partial charge is 0.315 e. The zero-order valence-corrected chi connectivity index (χ0v) is 16.1. The summed E-state index contributed by atoms with van der Waals surface area (Å²) in [6.07, 6.45) is 7.66. The number of amides is 2. The van der Waals surface area contributed by atoms with Crippen molar-refractivity contribution in [2.45, 2.75) is 51.1 Å². The summed E-state index contributed by atoms with van der Waals surface area (Å²) in [5.74, 6) is 0.721. The molecule has 0 atom stereocenters. The fraction of sp³-hybridized carbons (Fsp3) is 0.632. The molecule has 0 bridgehead atoms. The van der Waals surface area contributed by atoms with Gasteiger partial charge in [-0.25, -0.2) is 4.79 Å². The van der Waals surface area contributed by atoms with E-state index in [1.54, 1.807) is 25.3 Å². The number of hydrogen-bond donors (Lipinski definition) is 2. The number of ether oxygens (including phenoxy) is 1. The minimum absolute atomic E-state index is 0.164. The van der Waals surface area contributed by atoms with Gasteiger partial charge >= 0.3 is 6.03 Å². The molecular weight excluding hydrogens is 338 g/mol. The van der Waals surface area contributed by atoms with Crippen LogP contribution in [-0.4, -0.2) is 44.2 Å². The monoisotopic (exact) mass is 367 g/mol. The summed E-state index contributed by atoms with van der Waals surface area (Å²) in [6, 6.07) is 5.94. The van der Waals surface area contributed by atoms with Crippen LogP contribution in [0.4, 0.5) is 4.79 Å². The van der Waals surface area contributed by atoms with Crippen LogP contribution < -0.4 is 15.4 Å². The topological polar surface area (TPSA) is 53.6 Å². The molecule has 2 rings (SSSR count). The second-order valence-corrected chi connectivity index (χ2v) is 7.13. The molecule has 0 saturated heterocycles. The number of rotatable bonds is 8. The first-order valence-corrected chi connectivity index (χ1v) is 9.52. The quantitative estimate of drug-likeness (QED) is 0.687. The lowest BCUT2D eigenvalue weighted by Crippen LogP contribution is -2.38. The maximum Gasteiger partial charge on any atom is 0.315 e. The van der Waals surface area contributed by atoms with Crippen molar-refractivity contribution in [3.05, 3.63) is 28.8 Å². The van der Waals surface area contributed by atoms with Crippen LogP contribution in [0.2, 0.25) is 5.02 Å². The summed E-state index contributed by atoms with van der Waals surface area (Å²) in [5, 5.41) is 6.39. The first-order valence-electron chi connectivity index (χ1n) is 9.14. The standard InChI is InChI=1S/C19H30ClN3O2/c1-23(17-7-4-3-5-8-17)12-6-11-21-19(24)22-14-15-13-16(20)9-10-18(15)25-2/h9-10,13,17H,3-8,11-12,14H2,1-2H3,(H2,21,22,24). The first kappa shape index (κ1) is 19.9. The van der Waals surface area contributed by atoms with Crippen LogP contribution in [0.1, 0.15) is 44.1 Å². The molecule has 1 fully saturated rings. The van der Waals surface area contributed by atoms with Gasteiger partial charge in [0.2, 0.25) is 0 Å². The molecule has 25 heavy (non-hydrogen) atoms. The van der Waals surface area contributed by atoms with Crippen LogP contribution in [0.25, 0.3) is 0 Å². The third-order valence-electron chi connectivity index (χ3n) is 4.85. The lowest BCUT2D eigenvalue weighted by atomic mass is 9.94. The molecule has 5 nitrogen and oxygen atoms in total. The number of nitrogens with one attached hydrogen (secondary N) is 2. The fourth-order valence-corrected chi connectivity index (χ4v) is 3.55. The van der Waals surface area contributed by atoms with Crippen LogP contribution >= 0.6 is 11.6 Å². The minimum atomic E-state index is -0.164. The number of urea groups is 1. The largest absolute Gasteiger partial charge is 0.496 e. The van der Waals surface area contributed by atoms with E-state index in [2.05, 4.69) is 22.6 Å². The molecule has 1 saturated carbocycles. The molecule has 1 aliphatic carbocycles. The zero-order valence-electron chi connectivity index (χ0n) is 15.3. The van der Waals surface area contributed by atoms with E-state index in [9.17, 15) is 4.79 Å². The molecule has 1 aliphatic rings. The van der Waals surface area contributed by atoms with Gasteiger partial charge in [0.15, 0.2) is 0 Å².